The van der Waals surface area contributed by atoms with Gasteiger partial charge in [0.1, 0.15) is 0 Å². The predicted octanol–water partition coefficient (Wildman–Crippen LogP) is 2.94. The molecule has 0 radical (unpaired) electrons. The zero-order valence-electron chi connectivity index (χ0n) is 6.96. The molecule has 13 heavy (non-hydrogen) atoms. The first-order valence-electron chi connectivity index (χ1n) is 3.90. The number of nitrogens with zero attached hydrogens (tertiary/aromatic N) is 1. The van der Waals surface area contributed by atoms with E-state index in [0.717, 1.165) is 4.47 Å². The number of rotatable bonds is 3. The minimum Gasteiger partial charge on any atom is -0.294 e. The molecule has 0 unspecified atom stereocenters. The third-order valence-electron chi connectivity index (χ3n) is 1.64. The summed E-state index contributed by atoms with van der Waals surface area (Å²) in [4.78, 5) is 11.4. The Labute approximate surface area is 85.3 Å². The van der Waals surface area contributed by atoms with Gasteiger partial charge in [-0.25, -0.2) is 0 Å². The molecule has 2 nitrogen and oxygen atoms in total. The van der Waals surface area contributed by atoms with Gasteiger partial charge in [0.15, 0.2) is 5.78 Å². The molecule has 0 aromatic heterocycles. The van der Waals surface area contributed by atoms with Gasteiger partial charge in [0.05, 0.1) is 6.07 Å². The molecule has 1 rings (SSSR count). The molecule has 0 N–H and O–H groups in total. The second-order valence-corrected chi connectivity index (χ2v) is 3.42. The Hall–Kier alpha value is -1.14. The van der Waals surface area contributed by atoms with Crippen LogP contribution in [-0.2, 0) is 0 Å². The number of halogens is 1. The minimum absolute atomic E-state index is 0.00836. The molecule has 0 saturated carbocycles. The van der Waals surface area contributed by atoms with Crippen molar-refractivity contribution < 1.29 is 4.79 Å². The van der Waals surface area contributed by atoms with Crippen LogP contribution in [0.1, 0.15) is 23.2 Å². The number of hydrogen-bond acceptors (Lipinski definition) is 2. The Kier molecular flexibility index (Phi) is 3.66. The van der Waals surface area contributed by atoms with Crippen molar-refractivity contribution in [3.63, 3.8) is 0 Å². The van der Waals surface area contributed by atoms with Gasteiger partial charge < -0.3 is 0 Å². The van der Waals surface area contributed by atoms with E-state index in [1.165, 1.54) is 0 Å². The van der Waals surface area contributed by atoms with Crippen LogP contribution in [-0.4, -0.2) is 5.78 Å². The molecule has 0 amide bonds. The van der Waals surface area contributed by atoms with E-state index in [9.17, 15) is 4.79 Å². The highest BCUT2D eigenvalue weighted by atomic mass is 79.9. The maximum absolute atomic E-state index is 11.4. The van der Waals surface area contributed by atoms with Crippen LogP contribution < -0.4 is 0 Å². The van der Waals surface area contributed by atoms with Crippen molar-refractivity contribution in [2.75, 3.05) is 0 Å². The fraction of sp³-hybridized carbons (Fsp3) is 0.200. The van der Waals surface area contributed by atoms with E-state index < -0.39 is 0 Å². The van der Waals surface area contributed by atoms with Crippen molar-refractivity contribution in [1.29, 1.82) is 5.26 Å². The lowest BCUT2D eigenvalue weighted by Crippen LogP contribution is -1.98. The van der Waals surface area contributed by atoms with Gasteiger partial charge in [-0.1, -0.05) is 34.1 Å². The van der Waals surface area contributed by atoms with Crippen LogP contribution in [0.3, 0.4) is 0 Å². The lowest BCUT2D eigenvalue weighted by atomic mass is 10.1. The van der Waals surface area contributed by atoms with Crippen molar-refractivity contribution in [2.45, 2.75) is 12.8 Å². The van der Waals surface area contributed by atoms with Gasteiger partial charge >= 0.3 is 0 Å². The summed E-state index contributed by atoms with van der Waals surface area (Å²) < 4.78 is 0.790. The summed E-state index contributed by atoms with van der Waals surface area (Å²) in [6.07, 6.45) is 0.569. The molecule has 3 heteroatoms. The second-order valence-electron chi connectivity index (χ2n) is 2.56. The van der Waals surface area contributed by atoms with Gasteiger partial charge in [0.25, 0.3) is 0 Å². The molecule has 0 aliphatic heterocycles. The van der Waals surface area contributed by atoms with E-state index in [4.69, 9.17) is 5.26 Å². The highest BCUT2D eigenvalue weighted by Crippen LogP contribution is 2.17. The number of carbonyl (C=O) groups excluding carboxylic acids is 1. The monoisotopic (exact) mass is 237 g/mol. The largest absolute Gasteiger partial charge is 0.294 e. The third kappa shape index (κ3) is 2.67. The van der Waals surface area contributed by atoms with E-state index in [1.807, 2.05) is 24.3 Å². The van der Waals surface area contributed by atoms with Gasteiger partial charge in [-0.3, -0.25) is 4.79 Å². The molecule has 1 aromatic rings. The molecule has 1 aromatic carbocycles. The smallest absolute Gasteiger partial charge is 0.165 e. The molecule has 0 saturated heterocycles. The number of hydrogen-bond donors (Lipinski definition) is 0. The summed E-state index contributed by atoms with van der Waals surface area (Å²) in [6.45, 7) is 0. The van der Waals surface area contributed by atoms with E-state index >= 15 is 0 Å². The molecule has 0 fully saturated rings. The average molecular weight is 238 g/mol. The first kappa shape index (κ1) is 9.94. The molecule has 0 spiro atoms. The summed E-state index contributed by atoms with van der Waals surface area (Å²) in [7, 11) is 0. The van der Waals surface area contributed by atoms with Gasteiger partial charge in [-0.2, -0.15) is 5.26 Å². The normalized spacial score (nSPS) is 9.23. The molecule has 66 valence electrons. The maximum Gasteiger partial charge on any atom is 0.165 e. The Morgan fingerprint density at radius 3 is 2.77 bits per heavy atom. The van der Waals surface area contributed by atoms with Crippen LogP contribution in [0.2, 0.25) is 0 Å². The lowest BCUT2D eigenvalue weighted by molar-refractivity contribution is 0.0983. The first-order valence-corrected chi connectivity index (χ1v) is 4.69. The second kappa shape index (κ2) is 4.78. The SMILES string of the molecule is N#CCCC(=O)c1ccccc1Br. The van der Waals surface area contributed by atoms with E-state index in [0.29, 0.717) is 12.0 Å². The lowest BCUT2D eigenvalue weighted by Gasteiger charge is -2.00. The molecule has 0 aliphatic rings. The van der Waals surface area contributed by atoms with Gasteiger partial charge in [-0.05, 0) is 6.07 Å². The van der Waals surface area contributed by atoms with Crippen molar-refractivity contribution in [3.05, 3.63) is 34.3 Å². The molecule has 0 bridgehead atoms. The zero-order chi connectivity index (χ0) is 9.68. The van der Waals surface area contributed by atoms with Crippen LogP contribution in [0.4, 0.5) is 0 Å². The quantitative estimate of drug-likeness (QED) is 0.759. The summed E-state index contributed by atoms with van der Waals surface area (Å²) in [6, 6.07) is 9.19. The summed E-state index contributed by atoms with van der Waals surface area (Å²) in [5, 5.41) is 8.32. The van der Waals surface area contributed by atoms with Crippen LogP contribution in [0.15, 0.2) is 28.7 Å². The van der Waals surface area contributed by atoms with E-state index in [2.05, 4.69) is 15.9 Å². The van der Waals surface area contributed by atoms with Crippen LogP contribution in [0.5, 0.6) is 0 Å². The first-order chi connectivity index (χ1) is 6.25. The molecule has 0 aliphatic carbocycles. The Morgan fingerprint density at radius 2 is 2.15 bits per heavy atom. The van der Waals surface area contributed by atoms with Gasteiger partial charge in [0.2, 0.25) is 0 Å². The fourth-order valence-electron chi connectivity index (χ4n) is 0.991. The van der Waals surface area contributed by atoms with Gasteiger partial charge in [-0.15, -0.1) is 0 Å². The van der Waals surface area contributed by atoms with Crippen molar-refractivity contribution in [2.24, 2.45) is 0 Å². The highest BCUT2D eigenvalue weighted by Gasteiger charge is 2.07. The number of Topliss-reactive ketones (excluding diaryl/α,β-unsaturated/α-hetero) is 1. The fourth-order valence-corrected chi connectivity index (χ4v) is 1.50. The van der Waals surface area contributed by atoms with Gasteiger partial charge in [0, 0.05) is 22.9 Å². The summed E-state index contributed by atoms with van der Waals surface area (Å²) >= 11 is 3.29. The number of benzene rings is 1. The average Bonchev–Trinajstić information content (AvgIpc) is 2.15. The zero-order valence-corrected chi connectivity index (χ0v) is 8.54. The Morgan fingerprint density at radius 1 is 1.46 bits per heavy atom. The predicted molar refractivity (Wildman–Crippen MR) is 53.3 cm³/mol. The van der Waals surface area contributed by atoms with Crippen LogP contribution >= 0.6 is 15.9 Å². The number of ketones is 1. The Balaban J connectivity index is 2.78. The molecule has 0 heterocycles. The highest BCUT2D eigenvalue weighted by molar-refractivity contribution is 9.10. The summed E-state index contributed by atoms with van der Waals surface area (Å²) in [5.41, 5.74) is 0.651. The van der Waals surface area contributed by atoms with E-state index in [-0.39, 0.29) is 12.2 Å². The summed E-state index contributed by atoms with van der Waals surface area (Å²) in [5.74, 6) is 0.00836. The minimum atomic E-state index is 0.00836. The molecular weight excluding hydrogens is 230 g/mol. The number of carbonyl (C=O) groups is 1. The van der Waals surface area contributed by atoms with Crippen molar-refractivity contribution in [1.82, 2.24) is 0 Å². The maximum atomic E-state index is 11.4. The van der Waals surface area contributed by atoms with Crippen LogP contribution in [0.25, 0.3) is 0 Å². The molecular formula is C10H8BrNO. The van der Waals surface area contributed by atoms with Crippen molar-refractivity contribution in [3.8, 4) is 6.07 Å². The van der Waals surface area contributed by atoms with E-state index in [1.54, 1.807) is 6.07 Å². The third-order valence-corrected chi connectivity index (χ3v) is 2.33. The number of nitriles is 1. The van der Waals surface area contributed by atoms with Crippen LogP contribution in [0, 0.1) is 11.3 Å². The topological polar surface area (TPSA) is 40.9 Å². The molecule has 0 atom stereocenters. The van der Waals surface area contributed by atoms with Crippen molar-refractivity contribution >= 4 is 21.7 Å². The Bertz CT molecular complexity index is 354. The standard InChI is InChI=1S/C10H8BrNO/c11-9-5-2-1-4-8(9)10(13)6-3-7-12/h1-2,4-5H,3,6H2.